The third-order valence-corrected chi connectivity index (χ3v) is 1.91. The fourth-order valence-electron chi connectivity index (χ4n) is 0.139. The first-order valence-corrected chi connectivity index (χ1v) is 4.59. The monoisotopic (exact) mass is 344 g/mol. The Bertz CT molecular complexity index is 181. The smallest absolute Gasteiger partial charge is 1.00 e. The molecule has 0 radical (unpaired) electrons. The molecule has 0 aromatic carbocycles. The quantitative estimate of drug-likeness (QED) is 0.296. The molecule has 0 aromatic rings. The van der Waals surface area contributed by atoms with E-state index in [1.54, 1.807) is 0 Å². The summed E-state index contributed by atoms with van der Waals surface area (Å²) in [7, 11) is -10.1. The average molecular weight is 344 g/mol. The molecular formula is H11Ca3KO7P2. The molecule has 0 aliphatic heterocycles. The van der Waals surface area contributed by atoms with Crippen molar-refractivity contribution in [1.82, 2.24) is 0 Å². The van der Waals surface area contributed by atoms with Crippen LogP contribution in [0.1, 0.15) is 9.99 Å². The van der Waals surface area contributed by atoms with Crippen molar-refractivity contribution >= 4 is 129 Å². The molecule has 70 valence electrons. The van der Waals surface area contributed by atoms with Gasteiger partial charge >= 0.3 is 180 Å². The van der Waals surface area contributed by atoms with E-state index < -0.39 is 15.6 Å². The van der Waals surface area contributed by atoms with Gasteiger partial charge in [0.2, 0.25) is 0 Å². The molecule has 13 heteroatoms. The maximum Gasteiger partial charge on any atom is 2.00 e. The zero-order valence-corrected chi connectivity index (χ0v) is 18.6. The van der Waals surface area contributed by atoms with Gasteiger partial charge in [0.05, 0.1) is 0 Å². The van der Waals surface area contributed by atoms with Gasteiger partial charge in [0.25, 0.3) is 0 Å². The van der Waals surface area contributed by atoms with Gasteiger partial charge in [-0.25, -0.2) is 9.13 Å². The van der Waals surface area contributed by atoms with Crippen molar-refractivity contribution in [2.24, 2.45) is 0 Å². The molecule has 0 bridgehead atoms. The fourth-order valence-corrected chi connectivity index (χ4v) is 1.25. The summed E-state index contributed by atoms with van der Waals surface area (Å²) in [5.74, 6) is 0. The molecule has 0 spiro atoms. The van der Waals surface area contributed by atoms with Crippen molar-refractivity contribution in [3.05, 3.63) is 0 Å². The van der Waals surface area contributed by atoms with Crippen LogP contribution < -0.4 is 51.4 Å². The average Bonchev–Trinajstić information content (AvgIpc) is 1.14. The van der Waals surface area contributed by atoms with Crippen LogP contribution in [0.4, 0.5) is 0 Å². The van der Waals surface area contributed by atoms with E-state index >= 15 is 0 Å². The Balaban J connectivity index is -0.00000000582. The Morgan fingerprint density at radius 3 is 1.00 bits per heavy atom. The van der Waals surface area contributed by atoms with Crippen LogP contribution in [0.15, 0.2) is 0 Å². The Morgan fingerprint density at radius 2 is 1.00 bits per heavy atom. The zero-order chi connectivity index (χ0) is 7.71. The molecule has 0 rings (SSSR count). The molecule has 0 amide bonds. The summed E-state index contributed by atoms with van der Waals surface area (Å²) < 4.78 is 22.2. The van der Waals surface area contributed by atoms with Crippen LogP contribution in [-0.2, 0) is 13.4 Å². The minimum absolute atomic E-state index is 0. The molecule has 0 aliphatic carbocycles. The van der Waals surface area contributed by atoms with Gasteiger partial charge in [0.1, 0.15) is 0 Å². The summed E-state index contributed by atoms with van der Waals surface area (Å²) in [5, 5.41) is 0. The first-order chi connectivity index (χ1) is 3.71. The fraction of sp³-hybridized carbons (Fsp3) is 0. The molecule has 4 N–H and O–H groups in total. The first kappa shape index (κ1) is 31.2. The van der Waals surface area contributed by atoms with Crippen molar-refractivity contribution in [3.8, 4) is 0 Å². The minimum Gasteiger partial charge on any atom is -1.00 e. The molecule has 0 saturated carbocycles. The van der Waals surface area contributed by atoms with Crippen molar-refractivity contribution in [2.75, 3.05) is 0 Å². The molecule has 0 aromatic heterocycles. The number of hydrogen-bond donors (Lipinski definition) is 4. The summed E-state index contributed by atoms with van der Waals surface area (Å²) in [6, 6.07) is 0. The summed E-state index contributed by atoms with van der Waals surface area (Å²) >= 11 is 0. The molecule has 0 fully saturated rings. The van der Waals surface area contributed by atoms with Gasteiger partial charge in [-0.15, -0.1) is 0 Å². The van der Waals surface area contributed by atoms with Gasteiger partial charge in [-0.05, 0) is 0 Å². The van der Waals surface area contributed by atoms with Crippen molar-refractivity contribution in [1.29, 1.82) is 0 Å². The van der Waals surface area contributed by atoms with Crippen LogP contribution in [0.2, 0.25) is 0 Å². The van der Waals surface area contributed by atoms with Gasteiger partial charge in [-0.3, -0.25) is 0 Å². The maximum atomic E-state index is 9.63. The predicted octanol–water partition coefficient (Wildman–Crippen LogP) is -4.16. The molecule has 7 nitrogen and oxygen atoms in total. The number of rotatable bonds is 2. The van der Waals surface area contributed by atoms with E-state index in [1.165, 1.54) is 0 Å². The van der Waals surface area contributed by atoms with Gasteiger partial charge in [0.15, 0.2) is 0 Å². The summed E-state index contributed by atoms with van der Waals surface area (Å²) in [6.45, 7) is 0. The molecule has 0 unspecified atom stereocenters. The van der Waals surface area contributed by atoms with Crippen LogP contribution in [0.5, 0.6) is 0 Å². The molecule has 0 atom stereocenters. The maximum absolute atomic E-state index is 9.63. The van der Waals surface area contributed by atoms with Crippen LogP contribution >= 0.6 is 15.6 Å². The number of hydrogen-bond acceptors (Lipinski definition) is 3. The van der Waals surface area contributed by atoms with E-state index in [-0.39, 0.29) is 175 Å². The zero-order valence-electron chi connectivity index (χ0n) is 14.0. The van der Waals surface area contributed by atoms with Crippen molar-refractivity contribution in [2.45, 2.75) is 0 Å². The van der Waals surface area contributed by atoms with Gasteiger partial charge < -0.3 is 29.6 Å². The SMILES string of the molecule is O=P(O)(O)OP(=O)(O)O.[Ca+2].[Ca+2].[Ca+2].[H-].[H-].[H-].[H-].[H-].[H-].[H-].[K+]. The van der Waals surface area contributed by atoms with Crippen molar-refractivity contribution < 1.29 is 94.4 Å². The minimum atomic E-state index is -5.05. The predicted molar refractivity (Wildman–Crippen MR) is 50.2 cm³/mol. The summed E-state index contributed by atoms with van der Waals surface area (Å²) in [5.41, 5.74) is 0. The van der Waals surface area contributed by atoms with E-state index in [9.17, 15) is 9.13 Å². The first-order valence-electron chi connectivity index (χ1n) is 1.53. The number of phosphoric acid groups is 2. The van der Waals surface area contributed by atoms with Gasteiger partial charge in [-0.1, -0.05) is 0 Å². The van der Waals surface area contributed by atoms with E-state index in [0.717, 1.165) is 0 Å². The largest absolute Gasteiger partial charge is 2.00 e. The molecule has 0 saturated heterocycles. The molecule has 13 heavy (non-hydrogen) atoms. The van der Waals surface area contributed by atoms with Crippen LogP contribution in [0, 0.1) is 0 Å². The molecule has 0 heterocycles. The Morgan fingerprint density at radius 1 is 0.846 bits per heavy atom. The second kappa shape index (κ2) is 14.1. The van der Waals surface area contributed by atoms with E-state index in [2.05, 4.69) is 4.31 Å². The summed E-state index contributed by atoms with van der Waals surface area (Å²) in [6.07, 6.45) is 0. The van der Waals surface area contributed by atoms with Crippen LogP contribution in [0.3, 0.4) is 0 Å². The second-order valence-electron chi connectivity index (χ2n) is 1.06. The van der Waals surface area contributed by atoms with Gasteiger partial charge in [-0.2, -0.15) is 4.31 Å². The van der Waals surface area contributed by atoms with E-state index in [0.29, 0.717) is 0 Å². The van der Waals surface area contributed by atoms with E-state index in [1.807, 2.05) is 0 Å². The second-order valence-corrected chi connectivity index (χ2v) is 3.68. The van der Waals surface area contributed by atoms with Crippen molar-refractivity contribution in [3.63, 3.8) is 0 Å². The third kappa shape index (κ3) is 31.9. The van der Waals surface area contributed by atoms with E-state index in [4.69, 9.17) is 19.6 Å². The Hall–Kier alpha value is 5.68. The topological polar surface area (TPSA) is 124 Å². The Labute approximate surface area is 217 Å². The van der Waals surface area contributed by atoms with Crippen LogP contribution in [0.25, 0.3) is 0 Å². The molecular weight excluding hydrogens is 333 g/mol. The van der Waals surface area contributed by atoms with Crippen LogP contribution in [-0.4, -0.2) is 133 Å². The molecule has 0 aliphatic rings. The van der Waals surface area contributed by atoms with Gasteiger partial charge in [0, 0.05) is 0 Å². The Kier molecular flexibility index (Phi) is 33.8. The normalized spacial score (nSPS) is 9.54. The summed E-state index contributed by atoms with van der Waals surface area (Å²) in [4.78, 5) is 31.0. The standard InChI is InChI=1S/3Ca.K.H4O7P2.7H/c;;;;1-8(2,3)7-9(4,5)6;;;;;;;/h;;;;(H2,1,2,3)(H2,4,5,6);;;;;;;/q3*+2;+1;;7*-1. The third-order valence-electron chi connectivity index (χ3n) is 0.213.